The summed E-state index contributed by atoms with van der Waals surface area (Å²) in [6.45, 7) is 4.84. The summed E-state index contributed by atoms with van der Waals surface area (Å²) in [4.78, 5) is 29.1. The average molecular weight is 611 g/mol. The van der Waals surface area contributed by atoms with E-state index in [0.29, 0.717) is 28.4 Å². The predicted molar refractivity (Wildman–Crippen MR) is 151 cm³/mol. The molecule has 2 unspecified atom stereocenters. The number of rotatable bonds is 4. The molecule has 2 aromatic heterocycles. The Bertz CT molecular complexity index is 1570. The minimum atomic E-state index is -4.68. The normalized spacial score (nSPS) is 26.9. The highest BCUT2D eigenvalue weighted by atomic mass is 32.2. The molecular weight excluding hydrogens is 579 g/mol. The number of hydrogen-bond acceptors (Lipinski definition) is 7. The van der Waals surface area contributed by atoms with Crippen molar-refractivity contribution in [1.82, 2.24) is 24.8 Å². The van der Waals surface area contributed by atoms with E-state index in [1.165, 1.54) is 29.2 Å². The van der Waals surface area contributed by atoms with Gasteiger partial charge in [0.2, 0.25) is 5.88 Å². The molecule has 1 saturated heterocycles. The van der Waals surface area contributed by atoms with Crippen molar-refractivity contribution in [3.8, 4) is 5.88 Å². The lowest BCUT2D eigenvalue weighted by Crippen LogP contribution is -2.55. The maximum Gasteiger partial charge on any atom is 0.416 e. The van der Waals surface area contributed by atoms with Crippen LogP contribution in [0, 0.1) is 0 Å². The highest BCUT2D eigenvalue weighted by Gasteiger charge is 2.39. The van der Waals surface area contributed by atoms with Crippen LogP contribution >= 0.6 is 10.9 Å². The molecule has 226 valence electrons. The lowest BCUT2D eigenvalue weighted by Gasteiger charge is -2.37. The van der Waals surface area contributed by atoms with Gasteiger partial charge in [-0.3, -0.25) is 9.55 Å². The summed E-state index contributed by atoms with van der Waals surface area (Å²) in [5.74, 6) is -2.25. The molecule has 8 nitrogen and oxygen atoms in total. The monoisotopic (exact) mass is 610 g/mol. The van der Waals surface area contributed by atoms with Gasteiger partial charge in [-0.05, 0) is 37.3 Å². The van der Waals surface area contributed by atoms with Gasteiger partial charge in [0, 0.05) is 66.4 Å². The molecule has 14 heteroatoms. The Hall–Kier alpha value is -3.26. The number of piperazine rings is 1. The number of anilines is 1. The molecule has 0 bridgehead atoms. The van der Waals surface area contributed by atoms with Crippen molar-refractivity contribution in [3.05, 3.63) is 57.8 Å². The Morgan fingerprint density at radius 2 is 1.88 bits per heavy atom. The zero-order chi connectivity index (χ0) is 29.8. The second kappa shape index (κ2) is 10.8. The van der Waals surface area contributed by atoms with Gasteiger partial charge in [0.1, 0.15) is 11.9 Å². The fraction of sp³-hybridized carbons (Fsp3) is 0.500. The third-order valence-electron chi connectivity index (χ3n) is 7.84. The van der Waals surface area contributed by atoms with Crippen molar-refractivity contribution >= 4 is 27.6 Å². The van der Waals surface area contributed by atoms with E-state index in [1.54, 1.807) is 0 Å². The number of benzene rings is 1. The lowest BCUT2D eigenvalue weighted by molar-refractivity contribution is -0.137. The molecule has 2 aliphatic heterocycles. The first kappa shape index (κ1) is 28.8. The third-order valence-corrected chi connectivity index (χ3v) is 10.6. The molecule has 4 heterocycles. The topological polar surface area (TPSA) is 85.2 Å². The Labute approximate surface area is 241 Å². The molecule has 3 aromatic rings. The van der Waals surface area contributed by atoms with E-state index >= 15 is 0 Å². The number of allylic oxidation sites excluding steroid dienone is 2. The summed E-state index contributed by atoms with van der Waals surface area (Å²) in [7, 11) is -1.59. The smallest absolute Gasteiger partial charge is 0.416 e. The predicted octanol–water partition coefficient (Wildman–Crippen LogP) is 4.92. The largest absolute Gasteiger partial charge is 0.471 e. The van der Waals surface area contributed by atoms with E-state index < -0.39 is 46.8 Å². The highest BCUT2D eigenvalue weighted by molar-refractivity contribution is 8.20. The summed E-state index contributed by atoms with van der Waals surface area (Å²) in [6, 6.07) is 2.19. The number of alkyl halides is 5. The van der Waals surface area contributed by atoms with Crippen LogP contribution in [0.15, 0.2) is 51.4 Å². The number of thiol groups is 1. The summed E-state index contributed by atoms with van der Waals surface area (Å²) < 4.78 is 79.0. The Morgan fingerprint density at radius 1 is 1.12 bits per heavy atom. The number of nitrogens with zero attached hydrogens (tertiary/aromatic N) is 5. The lowest BCUT2D eigenvalue weighted by atomic mass is 10.0. The van der Waals surface area contributed by atoms with Gasteiger partial charge >= 0.3 is 11.9 Å². The number of hydrogen-bond donors (Lipinski definition) is 2. The van der Waals surface area contributed by atoms with E-state index in [1.807, 2.05) is 18.7 Å². The minimum Gasteiger partial charge on any atom is -0.471 e. The van der Waals surface area contributed by atoms with Gasteiger partial charge in [-0.2, -0.15) is 29.1 Å². The minimum absolute atomic E-state index is 0.00812. The zero-order valence-corrected chi connectivity index (χ0v) is 23.9. The van der Waals surface area contributed by atoms with Crippen LogP contribution in [0.2, 0.25) is 0 Å². The molecule has 0 radical (unpaired) electrons. The Balaban J connectivity index is 1.59. The second-order valence-electron chi connectivity index (χ2n) is 11.2. The molecule has 4 atom stereocenters. The molecule has 42 heavy (non-hydrogen) atoms. The van der Waals surface area contributed by atoms with Crippen LogP contribution in [0.25, 0.3) is 10.9 Å². The summed E-state index contributed by atoms with van der Waals surface area (Å²) in [6.07, 6.45) is -0.391. The zero-order valence-electron chi connectivity index (χ0n) is 23.0. The fourth-order valence-electron chi connectivity index (χ4n) is 6.11. The SMILES string of the molecule is C[C@@H]1CN(c2nc(=O)n3c4c(cc(C(F)(F)F)cc24)[SH](C2=CCC(F)(F)CC2)CC(Oc2cnccn2)C3)C[C@H](C)N1. The molecular formula is C28H31F5N6O2S. The molecule has 1 aliphatic carbocycles. The Morgan fingerprint density at radius 3 is 2.52 bits per heavy atom. The summed E-state index contributed by atoms with van der Waals surface area (Å²) in [5.41, 5.74) is -1.12. The molecule has 0 spiro atoms. The van der Waals surface area contributed by atoms with Crippen molar-refractivity contribution in [3.63, 3.8) is 0 Å². The highest BCUT2D eigenvalue weighted by Crippen LogP contribution is 2.55. The van der Waals surface area contributed by atoms with Crippen LogP contribution in [0.3, 0.4) is 0 Å². The van der Waals surface area contributed by atoms with E-state index in [0.717, 1.165) is 12.1 Å². The van der Waals surface area contributed by atoms with Gasteiger partial charge in [0.15, 0.2) is 0 Å². The number of ether oxygens (including phenoxy) is 1. The first-order valence-electron chi connectivity index (χ1n) is 13.8. The number of aromatic nitrogens is 4. The maximum absolute atomic E-state index is 14.4. The van der Waals surface area contributed by atoms with Crippen LogP contribution in [0.1, 0.15) is 38.7 Å². The van der Waals surface area contributed by atoms with E-state index in [-0.39, 0.29) is 54.3 Å². The number of halogens is 5. The van der Waals surface area contributed by atoms with Crippen LogP contribution in [0.4, 0.5) is 27.8 Å². The van der Waals surface area contributed by atoms with E-state index in [9.17, 15) is 26.7 Å². The van der Waals surface area contributed by atoms with Crippen molar-refractivity contribution < 1.29 is 26.7 Å². The maximum atomic E-state index is 14.4. The first-order valence-corrected chi connectivity index (χ1v) is 15.3. The number of nitrogens with one attached hydrogen (secondary N) is 1. The quantitative estimate of drug-likeness (QED) is 0.321. The van der Waals surface area contributed by atoms with Crippen molar-refractivity contribution in [2.75, 3.05) is 23.7 Å². The standard InChI is InChI=1S/C28H31F5N6O2S/c1-16-12-38(13-17(2)36-16)25-21-9-18(28(31,32)33)10-22-24(21)39(26(40)37-25)14-19(41-23-11-34-7-8-35-23)15-42(22)20-3-5-27(29,30)6-4-20/h3,7-11,16-17,19,36,42H,4-6,12-15H2,1-2H3/t16-,17+,19?. The van der Waals surface area contributed by atoms with Gasteiger partial charge < -0.3 is 15.0 Å². The molecule has 3 aliphatic rings. The second-order valence-corrected chi connectivity index (χ2v) is 13.5. The van der Waals surface area contributed by atoms with Gasteiger partial charge in [-0.15, -0.1) is 0 Å². The molecule has 1 aromatic carbocycles. The van der Waals surface area contributed by atoms with E-state index in [2.05, 4.69) is 20.3 Å². The van der Waals surface area contributed by atoms with Crippen LogP contribution in [-0.2, 0) is 12.7 Å². The van der Waals surface area contributed by atoms with Crippen molar-refractivity contribution in [2.24, 2.45) is 0 Å². The molecule has 0 saturated carbocycles. The van der Waals surface area contributed by atoms with E-state index in [4.69, 9.17) is 4.74 Å². The summed E-state index contributed by atoms with van der Waals surface area (Å²) in [5, 5.41) is 3.61. The van der Waals surface area contributed by atoms with Crippen molar-refractivity contribution in [1.29, 1.82) is 0 Å². The van der Waals surface area contributed by atoms with Crippen LogP contribution < -0.4 is 20.6 Å². The van der Waals surface area contributed by atoms with Crippen LogP contribution in [0.5, 0.6) is 5.88 Å². The van der Waals surface area contributed by atoms with Gasteiger partial charge in [-0.1, -0.05) is 6.08 Å². The third kappa shape index (κ3) is 5.70. The first-order chi connectivity index (χ1) is 19.9. The molecule has 6 rings (SSSR count). The fourth-order valence-corrected chi connectivity index (χ4v) is 8.94. The van der Waals surface area contributed by atoms with Crippen molar-refractivity contribution in [2.45, 2.75) is 74.8 Å². The van der Waals surface area contributed by atoms with Crippen LogP contribution in [-0.4, -0.2) is 62.5 Å². The Kier molecular flexibility index (Phi) is 7.40. The molecule has 1 N–H and O–H groups in total. The van der Waals surface area contributed by atoms with Gasteiger partial charge in [0.25, 0.3) is 5.92 Å². The summed E-state index contributed by atoms with van der Waals surface area (Å²) >= 11 is 0. The average Bonchev–Trinajstić information content (AvgIpc) is 3.08. The van der Waals surface area contributed by atoms with Gasteiger partial charge in [0.05, 0.1) is 23.8 Å². The molecule has 1 fully saturated rings. The van der Waals surface area contributed by atoms with Gasteiger partial charge in [-0.25, -0.2) is 18.6 Å². The molecule has 0 amide bonds.